The maximum atomic E-state index is 13.1. The average Bonchev–Trinajstić information content (AvgIpc) is 3.17. The van der Waals surface area contributed by atoms with Crippen LogP contribution in [-0.2, 0) is 4.79 Å². The van der Waals surface area contributed by atoms with Crippen molar-refractivity contribution in [1.29, 1.82) is 0 Å². The third kappa shape index (κ3) is 2.09. The molecular formula is C16H24N2OS. The number of nitrogens with one attached hydrogen (secondary N) is 1. The summed E-state index contributed by atoms with van der Waals surface area (Å²) in [6.45, 7) is 4.37. The van der Waals surface area contributed by atoms with Crippen LogP contribution < -0.4 is 5.32 Å². The summed E-state index contributed by atoms with van der Waals surface area (Å²) >= 11 is 1.71. The molecule has 1 amide bonds. The first-order valence-corrected chi connectivity index (χ1v) is 8.78. The Hall–Kier alpha value is -0.870. The smallest absolute Gasteiger partial charge is 0.244 e. The van der Waals surface area contributed by atoms with Crippen LogP contribution in [0.1, 0.15) is 64.1 Å². The summed E-state index contributed by atoms with van der Waals surface area (Å²) in [4.78, 5) is 15.2. The van der Waals surface area contributed by atoms with Crippen molar-refractivity contribution >= 4 is 17.2 Å². The zero-order chi connectivity index (χ0) is 14.2. The van der Waals surface area contributed by atoms with Crippen molar-refractivity contribution in [3.05, 3.63) is 22.4 Å². The van der Waals surface area contributed by atoms with Gasteiger partial charge in [-0.25, -0.2) is 0 Å². The Bertz CT molecular complexity index is 461. The van der Waals surface area contributed by atoms with E-state index in [4.69, 9.17) is 0 Å². The molecule has 0 bridgehead atoms. The highest BCUT2D eigenvalue weighted by Gasteiger charge is 2.53. The second-order valence-electron chi connectivity index (χ2n) is 6.08. The molecule has 4 heteroatoms. The minimum absolute atomic E-state index is 0.0803. The molecule has 0 aromatic carbocycles. The standard InChI is InChI=1S/C16H24N2OS/c1-3-13(4-2)18-14(12-7-10-20-11-12)17-16(15(18)19)8-5-6-9-16/h7,10-11,13-14,17H,3-6,8-9H2,1-2H3. The summed E-state index contributed by atoms with van der Waals surface area (Å²) < 4.78 is 0. The van der Waals surface area contributed by atoms with Gasteiger partial charge in [0, 0.05) is 6.04 Å². The monoisotopic (exact) mass is 292 g/mol. The van der Waals surface area contributed by atoms with Gasteiger partial charge in [-0.1, -0.05) is 26.7 Å². The van der Waals surface area contributed by atoms with Gasteiger partial charge in [0.05, 0.1) is 5.54 Å². The fourth-order valence-electron chi connectivity index (χ4n) is 3.83. The minimum atomic E-state index is -0.269. The first kappa shape index (κ1) is 14.1. The predicted octanol–water partition coefficient (Wildman–Crippen LogP) is 3.68. The van der Waals surface area contributed by atoms with E-state index in [1.807, 2.05) is 0 Å². The SMILES string of the molecule is CCC(CC)N1C(=O)C2(CCCC2)NC1c1ccsc1. The molecule has 110 valence electrons. The molecule has 1 unspecified atom stereocenters. The van der Waals surface area contributed by atoms with Gasteiger partial charge in [0.15, 0.2) is 0 Å². The Morgan fingerprint density at radius 2 is 2.10 bits per heavy atom. The summed E-state index contributed by atoms with van der Waals surface area (Å²) in [5.74, 6) is 0.347. The molecule has 1 aromatic rings. The average molecular weight is 292 g/mol. The van der Waals surface area contributed by atoms with Gasteiger partial charge in [-0.3, -0.25) is 10.1 Å². The van der Waals surface area contributed by atoms with Crippen molar-refractivity contribution in [3.63, 3.8) is 0 Å². The summed E-state index contributed by atoms with van der Waals surface area (Å²) in [6, 6.07) is 2.50. The van der Waals surface area contributed by atoms with E-state index in [-0.39, 0.29) is 11.7 Å². The lowest BCUT2D eigenvalue weighted by Gasteiger charge is -2.31. The topological polar surface area (TPSA) is 32.3 Å². The molecule has 1 saturated heterocycles. The van der Waals surface area contributed by atoms with Crippen molar-refractivity contribution in [2.45, 2.75) is 70.1 Å². The van der Waals surface area contributed by atoms with Gasteiger partial charge in [-0.2, -0.15) is 11.3 Å². The third-order valence-electron chi connectivity index (χ3n) is 4.99. The highest BCUT2D eigenvalue weighted by molar-refractivity contribution is 7.07. The molecule has 1 atom stereocenters. The lowest BCUT2D eigenvalue weighted by atomic mass is 9.97. The van der Waals surface area contributed by atoms with Crippen molar-refractivity contribution in [2.75, 3.05) is 0 Å². The Morgan fingerprint density at radius 3 is 2.65 bits per heavy atom. The van der Waals surface area contributed by atoms with Gasteiger partial charge in [-0.05, 0) is 48.1 Å². The summed E-state index contributed by atoms with van der Waals surface area (Å²) in [6.07, 6.45) is 6.49. The quantitative estimate of drug-likeness (QED) is 0.918. The first-order chi connectivity index (χ1) is 9.72. The lowest BCUT2D eigenvalue weighted by Crippen LogP contribution is -2.45. The fourth-order valence-corrected chi connectivity index (χ4v) is 4.51. The van der Waals surface area contributed by atoms with Gasteiger partial charge in [-0.15, -0.1) is 0 Å². The molecule has 1 spiro atoms. The van der Waals surface area contributed by atoms with E-state index in [1.54, 1.807) is 11.3 Å². The highest BCUT2D eigenvalue weighted by Crippen LogP contribution is 2.42. The number of thiophene rings is 1. The molecule has 2 heterocycles. The summed E-state index contributed by atoms with van der Waals surface area (Å²) in [5, 5.41) is 7.98. The van der Waals surface area contributed by atoms with Crippen LogP contribution in [0, 0.1) is 0 Å². The van der Waals surface area contributed by atoms with E-state index in [9.17, 15) is 4.79 Å². The van der Waals surface area contributed by atoms with Crippen LogP contribution >= 0.6 is 11.3 Å². The molecule has 2 fully saturated rings. The zero-order valence-electron chi connectivity index (χ0n) is 12.4. The van der Waals surface area contributed by atoms with E-state index < -0.39 is 0 Å². The fraction of sp³-hybridized carbons (Fsp3) is 0.688. The maximum Gasteiger partial charge on any atom is 0.244 e. The number of hydrogen-bond acceptors (Lipinski definition) is 3. The molecule has 2 aliphatic rings. The van der Waals surface area contributed by atoms with Crippen LogP contribution in [0.25, 0.3) is 0 Å². The largest absolute Gasteiger partial charge is 0.318 e. The summed E-state index contributed by atoms with van der Waals surface area (Å²) in [5.41, 5.74) is 0.980. The van der Waals surface area contributed by atoms with Gasteiger partial charge >= 0.3 is 0 Å². The molecular weight excluding hydrogens is 268 g/mol. The number of rotatable bonds is 4. The molecule has 1 aromatic heterocycles. The Labute approximate surface area is 125 Å². The number of carbonyl (C=O) groups is 1. The van der Waals surface area contributed by atoms with Gasteiger partial charge in [0.1, 0.15) is 6.17 Å². The predicted molar refractivity (Wildman–Crippen MR) is 82.6 cm³/mol. The molecule has 0 radical (unpaired) electrons. The highest BCUT2D eigenvalue weighted by atomic mass is 32.1. The number of nitrogens with zero attached hydrogens (tertiary/aromatic N) is 1. The number of amides is 1. The van der Waals surface area contributed by atoms with Crippen LogP contribution in [0.2, 0.25) is 0 Å². The van der Waals surface area contributed by atoms with E-state index in [1.165, 1.54) is 18.4 Å². The van der Waals surface area contributed by atoms with Crippen LogP contribution in [0.15, 0.2) is 16.8 Å². The zero-order valence-corrected chi connectivity index (χ0v) is 13.2. The Morgan fingerprint density at radius 1 is 1.40 bits per heavy atom. The van der Waals surface area contributed by atoms with E-state index in [2.05, 4.69) is 40.9 Å². The summed E-state index contributed by atoms with van der Waals surface area (Å²) in [7, 11) is 0. The van der Waals surface area contributed by atoms with Crippen LogP contribution in [0.5, 0.6) is 0 Å². The van der Waals surface area contributed by atoms with Gasteiger partial charge in [0.25, 0.3) is 0 Å². The van der Waals surface area contributed by atoms with Crippen LogP contribution in [0.3, 0.4) is 0 Å². The van der Waals surface area contributed by atoms with Crippen molar-refractivity contribution in [2.24, 2.45) is 0 Å². The molecule has 1 aliphatic carbocycles. The second-order valence-corrected chi connectivity index (χ2v) is 6.86. The van der Waals surface area contributed by atoms with Crippen LogP contribution in [-0.4, -0.2) is 22.4 Å². The second kappa shape index (κ2) is 5.49. The van der Waals surface area contributed by atoms with Crippen LogP contribution in [0.4, 0.5) is 0 Å². The molecule has 20 heavy (non-hydrogen) atoms. The number of hydrogen-bond donors (Lipinski definition) is 1. The molecule has 1 saturated carbocycles. The maximum absolute atomic E-state index is 13.1. The van der Waals surface area contributed by atoms with E-state index >= 15 is 0 Å². The van der Waals surface area contributed by atoms with E-state index in [0.717, 1.165) is 25.7 Å². The van der Waals surface area contributed by atoms with Crippen molar-refractivity contribution in [3.8, 4) is 0 Å². The molecule has 1 aliphatic heterocycles. The van der Waals surface area contributed by atoms with Crippen molar-refractivity contribution < 1.29 is 4.79 Å². The van der Waals surface area contributed by atoms with E-state index in [0.29, 0.717) is 11.9 Å². The molecule has 1 N–H and O–H groups in total. The minimum Gasteiger partial charge on any atom is -0.318 e. The Balaban J connectivity index is 1.96. The Kier molecular flexibility index (Phi) is 3.87. The number of carbonyl (C=O) groups excluding carboxylic acids is 1. The van der Waals surface area contributed by atoms with Crippen molar-refractivity contribution in [1.82, 2.24) is 10.2 Å². The normalized spacial score (nSPS) is 25.2. The molecule has 3 nitrogen and oxygen atoms in total. The lowest BCUT2D eigenvalue weighted by molar-refractivity contribution is -0.135. The van der Waals surface area contributed by atoms with Gasteiger partial charge < -0.3 is 4.90 Å². The first-order valence-electron chi connectivity index (χ1n) is 7.84. The van der Waals surface area contributed by atoms with Gasteiger partial charge in [0.2, 0.25) is 5.91 Å². The molecule has 3 rings (SSSR count). The third-order valence-corrected chi connectivity index (χ3v) is 5.69.